The molecule has 4 aromatic rings. The van der Waals surface area contributed by atoms with Gasteiger partial charge in [-0.3, -0.25) is 9.36 Å². The van der Waals surface area contributed by atoms with E-state index in [9.17, 15) is 9.18 Å². The summed E-state index contributed by atoms with van der Waals surface area (Å²) >= 11 is 0. The van der Waals surface area contributed by atoms with Crippen LogP contribution in [0.1, 0.15) is 23.4 Å². The lowest BCUT2D eigenvalue weighted by molar-refractivity contribution is -0.121. The third kappa shape index (κ3) is 4.19. The van der Waals surface area contributed by atoms with Crippen LogP contribution in [0.5, 0.6) is 0 Å². The molecule has 0 spiro atoms. The zero-order valence-electron chi connectivity index (χ0n) is 16.2. The number of carbonyl (C=O) groups is 1. The lowest BCUT2D eigenvalue weighted by Gasteiger charge is -2.10. The molecule has 0 saturated heterocycles. The number of hydrogen-bond acceptors (Lipinski definition) is 2. The fourth-order valence-corrected chi connectivity index (χ4v) is 3.37. The molecule has 0 radical (unpaired) electrons. The summed E-state index contributed by atoms with van der Waals surface area (Å²) in [6.07, 6.45) is 0.822. The van der Waals surface area contributed by atoms with Crippen LogP contribution < -0.4 is 5.32 Å². The van der Waals surface area contributed by atoms with Crippen molar-refractivity contribution in [3.63, 3.8) is 0 Å². The standard InChI is InChI=1S/C24H22FN3O/c1-17-11-12-18(15-20(17)25)16-26-24(29)14-13-23-27-21-9-5-6-10-22(21)28(23)19-7-3-2-4-8-19/h2-12,15H,13-14,16H2,1H3,(H,26,29). The van der Waals surface area contributed by atoms with Gasteiger partial charge in [0.2, 0.25) is 5.91 Å². The summed E-state index contributed by atoms with van der Waals surface area (Å²) in [6, 6.07) is 23.0. The molecule has 0 aliphatic heterocycles. The van der Waals surface area contributed by atoms with Gasteiger partial charge in [-0.25, -0.2) is 9.37 Å². The van der Waals surface area contributed by atoms with E-state index >= 15 is 0 Å². The normalized spacial score (nSPS) is 11.0. The molecule has 4 rings (SSSR count). The van der Waals surface area contributed by atoms with Crippen molar-refractivity contribution in [1.29, 1.82) is 0 Å². The second-order valence-corrected chi connectivity index (χ2v) is 7.05. The minimum Gasteiger partial charge on any atom is -0.352 e. The van der Waals surface area contributed by atoms with Crippen molar-refractivity contribution in [2.45, 2.75) is 26.3 Å². The molecule has 1 aromatic heterocycles. The minimum absolute atomic E-state index is 0.0855. The number of aromatic nitrogens is 2. The topological polar surface area (TPSA) is 46.9 Å². The average molecular weight is 387 g/mol. The van der Waals surface area contributed by atoms with Crippen molar-refractivity contribution in [3.05, 3.63) is 95.6 Å². The predicted octanol–water partition coefficient (Wildman–Crippen LogP) is 4.72. The molecule has 1 N–H and O–H groups in total. The maximum Gasteiger partial charge on any atom is 0.220 e. The number of imidazole rings is 1. The van der Waals surface area contributed by atoms with E-state index in [0.717, 1.165) is 28.1 Å². The summed E-state index contributed by atoms with van der Waals surface area (Å²) in [6.45, 7) is 2.03. The molecule has 0 saturated carbocycles. The fraction of sp³-hybridized carbons (Fsp3) is 0.167. The number of benzene rings is 3. The average Bonchev–Trinajstić information content (AvgIpc) is 3.12. The molecule has 0 aliphatic carbocycles. The van der Waals surface area contributed by atoms with E-state index in [1.807, 2.05) is 60.7 Å². The maximum absolute atomic E-state index is 13.7. The van der Waals surface area contributed by atoms with Gasteiger partial charge in [-0.05, 0) is 48.4 Å². The molecule has 0 fully saturated rings. The first kappa shape index (κ1) is 18.9. The van der Waals surface area contributed by atoms with Crippen molar-refractivity contribution < 1.29 is 9.18 Å². The van der Waals surface area contributed by atoms with E-state index < -0.39 is 0 Å². The van der Waals surface area contributed by atoms with Crippen molar-refractivity contribution in [2.24, 2.45) is 0 Å². The molecule has 0 unspecified atom stereocenters. The Kier molecular flexibility index (Phi) is 5.38. The Morgan fingerprint density at radius 3 is 2.59 bits per heavy atom. The Balaban J connectivity index is 1.48. The van der Waals surface area contributed by atoms with Crippen LogP contribution in [0, 0.1) is 12.7 Å². The second-order valence-electron chi connectivity index (χ2n) is 7.05. The first-order chi connectivity index (χ1) is 14.1. The highest BCUT2D eigenvalue weighted by Gasteiger charge is 2.13. The number of nitrogens with zero attached hydrogens (tertiary/aromatic N) is 2. The monoisotopic (exact) mass is 387 g/mol. The Labute approximate surface area is 169 Å². The summed E-state index contributed by atoms with van der Waals surface area (Å²) in [7, 11) is 0. The van der Waals surface area contributed by atoms with Gasteiger partial charge in [-0.2, -0.15) is 0 Å². The van der Waals surface area contributed by atoms with Gasteiger partial charge in [-0.15, -0.1) is 0 Å². The molecule has 29 heavy (non-hydrogen) atoms. The highest BCUT2D eigenvalue weighted by atomic mass is 19.1. The SMILES string of the molecule is Cc1ccc(CNC(=O)CCc2nc3ccccc3n2-c2ccccc2)cc1F. The van der Waals surface area contributed by atoms with Crippen LogP contribution in [0.25, 0.3) is 16.7 Å². The molecule has 1 heterocycles. The highest BCUT2D eigenvalue weighted by Crippen LogP contribution is 2.22. The minimum atomic E-state index is -0.256. The molecule has 146 valence electrons. The summed E-state index contributed by atoms with van der Waals surface area (Å²) in [5.74, 6) is 0.500. The van der Waals surface area contributed by atoms with Gasteiger partial charge in [-0.1, -0.05) is 42.5 Å². The number of carbonyl (C=O) groups excluding carboxylic acids is 1. The number of hydrogen-bond donors (Lipinski definition) is 1. The van der Waals surface area contributed by atoms with Crippen LogP contribution in [-0.4, -0.2) is 15.5 Å². The van der Waals surface area contributed by atoms with Gasteiger partial charge in [0.05, 0.1) is 11.0 Å². The van der Waals surface area contributed by atoms with Crippen LogP contribution in [-0.2, 0) is 17.8 Å². The summed E-state index contributed by atoms with van der Waals surface area (Å²) < 4.78 is 15.8. The summed E-state index contributed by atoms with van der Waals surface area (Å²) in [4.78, 5) is 17.1. The maximum atomic E-state index is 13.7. The molecule has 0 aliphatic rings. The molecule has 1 amide bonds. The molecule has 0 atom stereocenters. The second kappa shape index (κ2) is 8.27. The Hall–Kier alpha value is -3.47. The van der Waals surface area contributed by atoms with E-state index in [1.54, 1.807) is 13.0 Å². The van der Waals surface area contributed by atoms with Crippen LogP contribution in [0.3, 0.4) is 0 Å². The third-order valence-electron chi connectivity index (χ3n) is 4.95. The lowest BCUT2D eigenvalue weighted by Crippen LogP contribution is -2.23. The number of para-hydroxylation sites is 3. The van der Waals surface area contributed by atoms with Crippen molar-refractivity contribution >= 4 is 16.9 Å². The number of halogens is 1. The largest absolute Gasteiger partial charge is 0.352 e. The summed E-state index contributed by atoms with van der Waals surface area (Å²) in [5, 5.41) is 2.87. The lowest BCUT2D eigenvalue weighted by atomic mass is 10.1. The van der Waals surface area contributed by atoms with Crippen LogP contribution in [0.15, 0.2) is 72.8 Å². The molecule has 0 bridgehead atoms. The van der Waals surface area contributed by atoms with Gasteiger partial charge < -0.3 is 5.32 Å². The number of nitrogens with one attached hydrogen (secondary N) is 1. The zero-order chi connectivity index (χ0) is 20.2. The smallest absolute Gasteiger partial charge is 0.220 e. The fourth-order valence-electron chi connectivity index (χ4n) is 3.37. The van der Waals surface area contributed by atoms with Gasteiger partial charge in [0.1, 0.15) is 11.6 Å². The van der Waals surface area contributed by atoms with Crippen molar-refractivity contribution in [2.75, 3.05) is 0 Å². The summed E-state index contributed by atoms with van der Waals surface area (Å²) in [5.41, 5.74) is 4.29. The quantitative estimate of drug-likeness (QED) is 0.520. The van der Waals surface area contributed by atoms with Crippen LogP contribution >= 0.6 is 0 Å². The van der Waals surface area contributed by atoms with E-state index in [0.29, 0.717) is 24.9 Å². The van der Waals surface area contributed by atoms with Crippen molar-refractivity contribution in [1.82, 2.24) is 14.9 Å². The Bertz CT molecular complexity index is 1150. The highest BCUT2D eigenvalue weighted by molar-refractivity contribution is 5.79. The zero-order valence-corrected chi connectivity index (χ0v) is 16.2. The van der Waals surface area contributed by atoms with Crippen LogP contribution in [0.4, 0.5) is 4.39 Å². The molecular formula is C24H22FN3O. The molecular weight excluding hydrogens is 365 g/mol. The van der Waals surface area contributed by atoms with Gasteiger partial charge in [0, 0.05) is 25.1 Å². The molecule has 5 heteroatoms. The first-order valence-corrected chi connectivity index (χ1v) is 9.65. The van der Waals surface area contributed by atoms with E-state index in [4.69, 9.17) is 4.98 Å². The number of aryl methyl sites for hydroxylation is 2. The predicted molar refractivity (Wildman–Crippen MR) is 112 cm³/mol. The Morgan fingerprint density at radius 1 is 1.03 bits per heavy atom. The molecule has 3 aromatic carbocycles. The van der Waals surface area contributed by atoms with Gasteiger partial charge >= 0.3 is 0 Å². The number of fused-ring (bicyclic) bond motifs is 1. The third-order valence-corrected chi connectivity index (χ3v) is 4.95. The first-order valence-electron chi connectivity index (χ1n) is 9.65. The molecule has 4 nitrogen and oxygen atoms in total. The number of amides is 1. The van der Waals surface area contributed by atoms with E-state index in [-0.39, 0.29) is 11.7 Å². The van der Waals surface area contributed by atoms with Crippen molar-refractivity contribution in [3.8, 4) is 5.69 Å². The van der Waals surface area contributed by atoms with E-state index in [1.165, 1.54) is 6.07 Å². The Morgan fingerprint density at radius 2 is 1.79 bits per heavy atom. The number of rotatable bonds is 6. The van der Waals surface area contributed by atoms with Crippen LogP contribution in [0.2, 0.25) is 0 Å². The van der Waals surface area contributed by atoms with Gasteiger partial charge in [0.15, 0.2) is 0 Å². The van der Waals surface area contributed by atoms with E-state index in [2.05, 4.69) is 9.88 Å². The van der Waals surface area contributed by atoms with Gasteiger partial charge in [0.25, 0.3) is 0 Å².